The van der Waals surface area contributed by atoms with Crippen LogP contribution in [0.25, 0.3) is 10.6 Å². The van der Waals surface area contributed by atoms with Gasteiger partial charge in [-0.05, 0) is 17.6 Å². The van der Waals surface area contributed by atoms with E-state index in [0.29, 0.717) is 13.7 Å². The van der Waals surface area contributed by atoms with Gasteiger partial charge in [0.25, 0.3) is 0 Å². The van der Waals surface area contributed by atoms with Gasteiger partial charge in [-0.2, -0.15) is 9.36 Å². The Morgan fingerprint density at radius 2 is 2.15 bits per heavy atom. The Kier molecular flexibility index (Phi) is 2.42. The van der Waals surface area contributed by atoms with Gasteiger partial charge in [0.05, 0.1) is 4.34 Å². The molecule has 0 amide bonds. The molecule has 0 aromatic carbocycles. The number of rotatable bonds is 1. The van der Waals surface area contributed by atoms with E-state index >= 15 is 0 Å². The van der Waals surface area contributed by atoms with Crippen molar-refractivity contribution in [1.82, 2.24) is 9.36 Å². The molecule has 0 bridgehead atoms. The van der Waals surface area contributed by atoms with Gasteiger partial charge >= 0.3 is 0 Å². The van der Waals surface area contributed by atoms with Crippen LogP contribution in [0.4, 0.5) is 5.95 Å². The quantitative estimate of drug-likeness (QED) is 0.848. The highest BCUT2D eigenvalue weighted by Gasteiger charge is 2.12. The monoisotopic (exact) mass is 251 g/mol. The van der Waals surface area contributed by atoms with E-state index in [0.717, 1.165) is 5.56 Å². The molecule has 2 aromatic rings. The maximum Gasteiger partial charge on any atom is 0.232 e. The van der Waals surface area contributed by atoms with E-state index in [9.17, 15) is 0 Å². The molecule has 13 heavy (non-hydrogen) atoms. The van der Waals surface area contributed by atoms with Gasteiger partial charge in [-0.3, -0.25) is 0 Å². The average Bonchev–Trinajstić information content (AvgIpc) is 2.58. The average molecular weight is 252 g/mol. The lowest BCUT2D eigenvalue weighted by Crippen LogP contribution is -1.85. The van der Waals surface area contributed by atoms with Gasteiger partial charge in [0.1, 0.15) is 9.34 Å². The Labute approximate surface area is 92.3 Å². The van der Waals surface area contributed by atoms with Gasteiger partial charge < -0.3 is 5.73 Å². The molecule has 0 radical (unpaired) electrons. The van der Waals surface area contributed by atoms with Crippen molar-refractivity contribution < 1.29 is 0 Å². The van der Waals surface area contributed by atoms with Crippen LogP contribution >= 0.6 is 46.1 Å². The van der Waals surface area contributed by atoms with Crippen LogP contribution in [0.15, 0.2) is 6.07 Å². The van der Waals surface area contributed by atoms with Gasteiger partial charge in [-0.1, -0.05) is 23.2 Å². The number of nitrogens with two attached hydrogens (primary N) is 1. The fourth-order valence-corrected chi connectivity index (χ4v) is 3.03. The topological polar surface area (TPSA) is 51.8 Å². The maximum absolute atomic E-state index is 5.92. The summed E-state index contributed by atoms with van der Waals surface area (Å²) >= 11 is 14.2. The van der Waals surface area contributed by atoms with Crippen molar-refractivity contribution in [3.05, 3.63) is 14.7 Å². The molecule has 0 fully saturated rings. The van der Waals surface area contributed by atoms with Crippen LogP contribution in [-0.2, 0) is 0 Å². The lowest BCUT2D eigenvalue weighted by atomic mass is 10.4. The Morgan fingerprint density at radius 1 is 1.38 bits per heavy atom. The van der Waals surface area contributed by atoms with Gasteiger partial charge in [0.15, 0.2) is 0 Å². The molecular weight excluding hydrogens is 249 g/mol. The second kappa shape index (κ2) is 3.42. The summed E-state index contributed by atoms with van der Waals surface area (Å²) in [5, 5.41) is 0.700. The van der Waals surface area contributed by atoms with Crippen LogP contribution in [0.3, 0.4) is 0 Å². The third kappa shape index (κ3) is 1.78. The molecule has 3 nitrogen and oxygen atoms in total. The Bertz CT molecular complexity index is 437. The summed E-state index contributed by atoms with van der Waals surface area (Å²) in [5.74, 6) is 0.262. The molecule has 2 aromatic heterocycles. The highest BCUT2D eigenvalue weighted by Crippen LogP contribution is 2.38. The van der Waals surface area contributed by atoms with Crippen molar-refractivity contribution in [2.75, 3.05) is 5.73 Å². The van der Waals surface area contributed by atoms with Crippen LogP contribution in [0.1, 0.15) is 0 Å². The minimum atomic E-state index is 0.262. The predicted octanol–water partition coefficient (Wildman–Crippen LogP) is 3.16. The van der Waals surface area contributed by atoms with Crippen molar-refractivity contribution in [2.24, 2.45) is 0 Å². The number of aromatic nitrogens is 2. The molecule has 0 saturated heterocycles. The Hall–Kier alpha value is -0.360. The molecule has 2 N–H and O–H groups in total. The number of halogens is 2. The van der Waals surface area contributed by atoms with Crippen molar-refractivity contribution in [2.45, 2.75) is 0 Å². The summed E-state index contributed by atoms with van der Waals surface area (Å²) < 4.78 is 5.10. The van der Waals surface area contributed by atoms with Crippen molar-refractivity contribution in [3.63, 3.8) is 0 Å². The van der Waals surface area contributed by atoms with Gasteiger partial charge in [-0.25, -0.2) is 0 Å². The van der Waals surface area contributed by atoms with Gasteiger partial charge in [0, 0.05) is 5.56 Å². The van der Waals surface area contributed by atoms with Crippen LogP contribution in [-0.4, -0.2) is 9.36 Å². The number of nitrogen functional groups attached to an aromatic ring is 1. The number of hydrogen-bond acceptors (Lipinski definition) is 5. The molecule has 7 heteroatoms. The van der Waals surface area contributed by atoms with E-state index < -0.39 is 0 Å². The van der Waals surface area contributed by atoms with E-state index in [1.54, 1.807) is 6.07 Å². The Balaban J connectivity index is 2.51. The van der Waals surface area contributed by atoms with Crippen molar-refractivity contribution in [1.29, 1.82) is 0 Å². The molecule has 68 valence electrons. The molecule has 0 aliphatic rings. The van der Waals surface area contributed by atoms with Gasteiger partial charge in [-0.15, -0.1) is 11.3 Å². The second-order valence-corrected chi connectivity index (χ2v) is 5.23. The van der Waals surface area contributed by atoms with Crippen LogP contribution in [0.5, 0.6) is 0 Å². The van der Waals surface area contributed by atoms with E-state index in [-0.39, 0.29) is 5.95 Å². The fraction of sp³-hybridized carbons (Fsp3) is 0. The summed E-state index contributed by atoms with van der Waals surface area (Å²) in [4.78, 5) is 4.00. The molecule has 0 atom stereocenters. The first-order valence-electron chi connectivity index (χ1n) is 3.21. The maximum atomic E-state index is 5.92. The molecular formula is C6H3Cl2N3S2. The number of thiophene rings is 1. The zero-order chi connectivity index (χ0) is 9.42. The number of nitrogens with zero attached hydrogens (tertiary/aromatic N) is 2. The first-order valence-corrected chi connectivity index (χ1v) is 5.56. The molecule has 0 saturated carbocycles. The zero-order valence-electron chi connectivity index (χ0n) is 6.12. The molecule has 2 rings (SSSR count). The normalized spacial score (nSPS) is 10.6. The highest BCUT2D eigenvalue weighted by molar-refractivity contribution is 7.21. The summed E-state index contributed by atoms with van der Waals surface area (Å²) in [6, 6.07) is 1.76. The predicted molar refractivity (Wildman–Crippen MR) is 57.7 cm³/mol. The second-order valence-electron chi connectivity index (χ2n) is 2.20. The van der Waals surface area contributed by atoms with E-state index in [1.165, 1.54) is 22.9 Å². The molecule has 0 spiro atoms. The van der Waals surface area contributed by atoms with Crippen molar-refractivity contribution >= 4 is 52.0 Å². The smallest absolute Gasteiger partial charge is 0.232 e. The molecule has 0 aliphatic heterocycles. The standard InChI is InChI=1S/C6H3Cl2N3S2/c7-3-1-2(4(8)12-3)5-10-6(9)11-13-5/h1H,(H2,9,11). The molecule has 2 heterocycles. The number of hydrogen-bond donors (Lipinski definition) is 1. The molecule has 0 aliphatic carbocycles. The third-order valence-corrected chi connectivity index (χ3v) is 3.58. The first kappa shape index (κ1) is 9.21. The SMILES string of the molecule is Nc1nsc(-c2cc(Cl)sc2Cl)n1. The van der Waals surface area contributed by atoms with Crippen LogP contribution in [0.2, 0.25) is 8.67 Å². The first-order chi connectivity index (χ1) is 6.16. The summed E-state index contributed by atoms with van der Waals surface area (Å²) in [7, 11) is 0. The highest BCUT2D eigenvalue weighted by atomic mass is 35.5. The Morgan fingerprint density at radius 3 is 2.62 bits per heavy atom. The van der Waals surface area contributed by atoms with E-state index in [1.807, 2.05) is 0 Å². The van der Waals surface area contributed by atoms with Crippen LogP contribution in [0, 0.1) is 0 Å². The van der Waals surface area contributed by atoms with E-state index in [2.05, 4.69) is 9.36 Å². The lowest BCUT2D eigenvalue weighted by molar-refractivity contribution is 1.34. The minimum absolute atomic E-state index is 0.262. The lowest BCUT2D eigenvalue weighted by Gasteiger charge is -1.87. The summed E-state index contributed by atoms with van der Waals surface area (Å²) in [5.41, 5.74) is 6.19. The summed E-state index contributed by atoms with van der Waals surface area (Å²) in [6.45, 7) is 0. The summed E-state index contributed by atoms with van der Waals surface area (Å²) in [6.07, 6.45) is 0. The van der Waals surface area contributed by atoms with Crippen molar-refractivity contribution in [3.8, 4) is 10.6 Å². The van der Waals surface area contributed by atoms with E-state index in [4.69, 9.17) is 28.9 Å². The zero-order valence-corrected chi connectivity index (χ0v) is 9.27. The third-order valence-electron chi connectivity index (χ3n) is 1.33. The van der Waals surface area contributed by atoms with Gasteiger partial charge in [0.2, 0.25) is 5.95 Å². The largest absolute Gasteiger partial charge is 0.367 e. The molecule has 0 unspecified atom stereocenters. The number of anilines is 1. The minimum Gasteiger partial charge on any atom is -0.367 e. The van der Waals surface area contributed by atoms with Crippen LogP contribution < -0.4 is 5.73 Å². The fourth-order valence-electron chi connectivity index (χ4n) is 0.830.